The van der Waals surface area contributed by atoms with Crippen molar-refractivity contribution in [2.75, 3.05) is 0 Å². The van der Waals surface area contributed by atoms with Crippen LogP contribution in [0.1, 0.15) is 16.5 Å². The molecule has 0 N–H and O–H groups in total. The summed E-state index contributed by atoms with van der Waals surface area (Å²) in [6.45, 7) is 8.86. The first-order valence-electron chi connectivity index (χ1n) is 5.99. The van der Waals surface area contributed by atoms with Crippen LogP contribution in [0.2, 0.25) is 0 Å². The molecule has 0 aliphatic rings. The zero-order valence-corrected chi connectivity index (χ0v) is 11.9. The van der Waals surface area contributed by atoms with E-state index in [-0.39, 0.29) is 4.90 Å². The number of benzene rings is 2. The Morgan fingerprint density at radius 1 is 1.10 bits per heavy atom. The van der Waals surface area contributed by atoms with E-state index in [9.17, 15) is 17.2 Å². The molecule has 0 aliphatic carbocycles. The van der Waals surface area contributed by atoms with Gasteiger partial charge in [0, 0.05) is 0 Å². The van der Waals surface area contributed by atoms with Crippen LogP contribution in [-0.2, 0) is 9.84 Å². The summed E-state index contributed by atoms with van der Waals surface area (Å²) in [5, 5.41) is -1.81. The lowest BCUT2D eigenvalue weighted by Crippen LogP contribution is -2.13. The molecule has 0 bridgehead atoms. The fraction of sp³-hybridized carbons (Fsp3) is 0.133. The zero-order chi connectivity index (χ0) is 15.6. The van der Waals surface area contributed by atoms with Crippen molar-refractivity contribution in [3.63, 3.8) is 0 Å². The van der Waals surface area contributed by atoms with Crippen molar-refractivity contribution in [2.24, 2.45) is 0 Å². The highest BCUT2D eigenvalue weighted by molar-refractivity contribution is 7.91. The number of hydrogen-bond acceptors (Lipinski definition) is 2. The maximum Gasteiger partial charge on any atom is 0.353 e. The number of hydrogen-bond donors (Lipinski definition) is 0. The highest BCUT2D eigenvalue weighted by Gasteiger charge is 2.37. The van der Waals surface area contributed by atoms with Crippen molar-refractivity contribution in [3.05, 3.63) is 76.6 Å². The fourth-order valence-electron chi connectivity index (χ4n) is 1.87. The Bertz CT molecular complexity index is 809. The number of sulfone groups is 1. The second-order valence-corrected chi connectivity index (χ2v) is 6.49. The number of rotatable bonds is 3. The summed E-state index contributed by atoms with van der Waals surface area (Å²) in [6, 6.07) is 9.01. The van der Waals surface area contributed by atoms with Gasteiger partial charge in [0.05, 0.1) is 10.5 Å². The Morgan fingerprint density at radius 2 is 1.71 bits per heavy atom. The molecule has 0 radical (unpaired) electrons. The molecule has 0 amide bonds. The molecule has 6 heteroatoms. The highest BCUT2D eigenvalue weighted by Crippen LogP contribution is 2.32. The van der Waals surface area contributed by atoms with E-state index in [4.69, 9.17) is 6.57 Å². The van der Waals surface area contributed by atoms with Gasteiger partial charge in [-0.15, -0.1) is 0 Å². The predicted molar refractivity (Wildman–Crippen MR) is 74.1 cm³/mol. The van der Waals surface area contributed by atoms with Gasteiger partial charge in [0.2, 0.25) is 0 Å². The van der Waals surface area contributed by atoms with Crippen molar-refractivity contribution in [1.29, 1.82) is 0 Å². The molecule has 0 unspecified atom stereocenters. The summed E-state index contributed by atoms with van der Waals surface area (Å²) < 4.78 is 51.9. The van der Waals surface area contributed by atoms with Crippen LogP contribution in [0.25, 0.3) is 4.85 Å². The molecule has 2 aromatic carbocycles. The van der Waals surface area contributed by atoms with Crippen LogP contribution in [-0.4, -0.2) is 8.42 Å². The van der Waals surface area contributed by atoms with Crippen molar-refractivity contribution in [2.45, 2.75) is 17.2 Å². The van der Waals surface area contributed by atoms with Crippen molar-refractivity contribution in [3.8, 4) is 0 Å². The minimum absolute atomic E-state index is 0.0993. The molecule has 108 valence electrons. The molecule has 0 aromatic heterocycles. The molecule has 0 saturated heterocycles. The summed E-state index contributed by atoms with van der Waals surface area (Å²) in [5.74, 6) is -2.49. The van der Waals surface area contributed by atoms with Gasteiger partial charge in [-0.1, -0.05) is 23.8 Å². The molecular weight excluding hydrogens is 296 g/mol. The Balaban J connectivity index is 2.58. The molecule has 0 aliphatic heterocycles. The molecule has 0 heterocycles. The van der Waals surface area contributed by atoms with Gasteiger partial charge in [-0.2, -0.15) is 0 Å². The largest absolute Gasteiger partial charge is 0.353 e. The lowest BCUT2D eigenvalue weighted by molar-refractivity contribution is 0.498. The van der Waals surface area contributed by atoms with Gasteiger partial charge in [-0.25, -0.2) is 23.8 Å². The number of nitrogens with zero attached hydrogens (tertiary/aromatic N) is 1. The lowest BCUT2D eigenvalue weighted by Gasteiger charge is -2.09. The minimum Gasteiger partial charge on any atom is -0.291 e. The molecule has 3 nitrogen and oxygen atoms in total. The Kier molecular flexibility index (Phi) is 4.05. The van der Waals surface area contributed by atoms with Gasteiger partial charge in [0.15, 0.2) is 11.6 Å². The first kappa shape index (κ1) is 15.1. The van der Waals surface area contributed by atoms with Crippen LogP contribution in [0, 0.1) is 25.1 Å². The van der Waals surface area contributed by atoms with Gasteiger partial charge in [-0.3, -0.25) is 4.85 Å². The number of halogens is 2. The Morgan fingerprint density at radius 3 is 2.29 bits per heavy atom. The standard InChI is InChI=1S/C15H11F2NO2S/c1-10-6-8-11(9-7-10)21(19,20)15(18-2)12-4-3-5-13(16)14(12)17/h3-9,15H,1H3/t15-/m1/s1. The van der Waals surface area contributed by atoms with E-state index in [0.717, 1.165) is 17.7 Å². The van der Waals surface area contributed by atoms with Crippen LogP contribution < -0.4 is 0 Å². The first-order valence-corrected chi connectivity index (χ1v) is 7.53. The number of aryl methyl sites for hydroxylation is 1. The second kappa shape index (κ2) is 5.62. The lowest BCUT2D eigenvalue weighted by atomic mass is 10.2. The van der Waals surface area contributed by atoms with Crippen LogP contribution in [0.5, 0.6) is 0 Å². The average Bonchev–Trinajstić information content (AvgIpc) is 2.44. The Hall–Kier alpha value is -2.26. The van der Waals surface area contributed by atoms with Gasteiger partial charge in [0.1, 0.15) is 0 Å². The van der Waals surface area contributed by atoms with Crippen LogP contribution in [0.15, 0.2) is 47.4 Å². The van der Waals surface area contributed by atoms with Crippen molar-refractivity contribution in [1.82, 2.24) is 0 Å². The van der Waals surface area contributed by atoms with Crippen LogP contribution in [0.3, 0.4) is 0 Å². The van der Waals surface area contributed by atoms with Gasteiger partial charge in [-0.05, 0) is 31.2 Å². The van der Waals surface area contributed by atoms with E-state index in [2.05, 4.69) is 4.85 Å². The monoisotopic (exact) mass is 307 g/mol. The normalized spacial score (nSPS) is 12.7. The van der Waals surface area contributed by atoms with E-state index in [1.165, 1.54) is 18.2 Å². The predicted octanol–water partition coefficient (Wildman–Crippen LogP) is 3.67. The summed E-state index contributed by atoms with van der Waals surface area (Å²) in [4.78, 5) is 2.89. The fourth-order valence-corrected chi connectivity index (χ4v) is 3.30. The van der Waals surface area contributed by atoms with E-state index in [1.54, 1.807) is 19.1 Å². The molecule has 0 saturated carbocycles. The summed E-state index contributed by atoms with van der Waals surface area (Å²) in [5.41, 5.74) is 0.371. The van der Waals surface area contributed by atoms with Crippen molar-refractivity contribution >= 4 is 9.84 Å². The minimum atomic E-state index is -4.12. The second-order valence-electron chi connectivity index (χ2n) is 4.48. The molecule has 21 heavy (non-hydrogen) atoms. The third kappa shape index (κ3) is 2.78. The van der Waals surface area contributed by atoms with E-state index in [0.29, 0.717) is 0 Å². The maximum atomic E-state index is 13.8. The third-order valence-electron chi connectivity index (χ3n) is 3.01. The van der Waals surface area contributed by atoms with Crippen LogP contribution in [0.4, 0.5) is 8.78 Å². The molecule has 0 fully saturated rings. The smallest absolute Gasteiger partial charge is 0.291 e. The van der Waals surface area contributed by atoms with Gasteiger partial charge < -0.3 is 0 Å². The third-order valence-corrected chi connectivity index (χ3v) is 4.88. The summed E-state index contributed by atoms with van der Waals surface area (Å²) in [7, 11) is -4.12. The zero-order valence-electron chi connectivity index (χ0n) is 11.0. The van der Waals surface area contributed by atoms with E-state index < -0.39 is 32.4 Å². The van der Waals surface area contributed by atoms with E-state index in [1.807, 2.05) is 0 Å². The summed E-state index contributed by atoms with van der Waals surface area (Å²) >= 11 is 0. The average molecular weight is 307 g/mol. The topological polar surface area (TPSA) is 38.5 Å². The molecule has 2 rings (SSSR count). The molecular formula is C15H11F2NO2S. The molecule has 0 spiro atoms. The van der Waals surface area contributed by atoms with Crippen molar-refractivity contribution < 1.29 is 17.2 Å². The summed E-state index contributed by atoms with van der Waals surface area (Å²) in [6.07, 6.45) is 0. The van der Waals surface area contributed by atoms with Gasteiger partial charge >= 0.3 is 5.37 Å². The quantitative estimate of drug-likeness (QED) is 0.812. The maximum absolute atomic E-state index is 13.8. The highest BCUT2D eigenvalue weighted by atomic mass is 32.2. The molecule has 1 atom stereocenters. The van der Waals surface area contributed by atoms with Gasteiger partial charge in [0.25, 0.3) is 9.84 Å². The van der Waals surface area contributed by atoms with E-state index >= 15 is 0 Å². The van der Waals surface area contributed by atoms with Crippen LogP contribution >= 0.6 is 0 Å². The first-order chi connectivity index (χ1) is 9.87. The SMILES string of the molecule is [C-]#[N+][C@@H](c1cccc(F)c1F)S(=O)(=O)c1ccc(C)cc1. The molecule has 2 aromatic rings. The Labute approximate surface area is 121 Å².